The van der Waals surface area contributed by atoms with Crippen LogP contribution in [0.3, 0.4) is 0 Å². The number of phenols is 2. The van der Waals surface area contributed by atoms with E-state index in [2.05, 4.69) is 6.92 Å². The molecule has 2 N–H and O–H groups in total. The summed E-state index contributed by atoms with van der Waals surface area (Å²) in [4.78, 5) is 0. The molecule has 0 bridgehead atoms. The third-order valence-corrected chi connectivity index (χ3v) is 5.52. The molecule has 1 aromatic carbocycles. The van der Waals surface area contributed by atoms with Gasteiger partial charge in [0, 0.05) is 6.07 Å². The minimum Gasteiger partial charge on any atom is -0.508 e. The van der Waals surface area contributed by atoms with Gasteiger partial charge in [-0.25, -0.2) is 0 Å². The Hall–Kier alpha value is -1.18. The van der Waals surface area contributed by atoms with E-state index in [1.807, 2.05) is 6.92 Å². The van der Waals surface area contributed by atoms with Crippen LogP contribution in [0.25, 0.3) is 0 Å². The van der Waals surface area contributed by atoms with Gasteiger partial charge in [-0.15, -0.1) is 0 Å². The molecule has 0 unspecified atom stereocenters. The number of aromatic hydroxyl groups is 2. The van der Waals surface area contributed by atoms with Crippen LogP contribution in [0.15, 0.2) is 12.1 Å². The number of aryl methyl sites for hydroxylation is 1. The van der Waals surface area contributed by atoms with E-state index in [0.717, 1.165) is 24.0 Å². The number of unbranched alkanes of at least 4 members (excludes halogenated alkanes) is 14. The first-order valence-electron chi connectivity index (χ1n) is 11.2. The maximum atomic E-state index is 9.75. The van der Waals surface area contributed by atoms with Gasteiger partial charge < -0.3 is 10.2 Å². The van der Waals surface area contributed by atoms with Crippen molar-refractivity contribution < 1.29 is 10.2 Å². The van der Waals surface area contributed by atoms with Crippen molar-refractivity contribution in [1.29, 1.82) is 0 Å². The molecule has 0 radical (unpaired) electrons. The summed E-state index contributed by atoms with van der Waals surface area (Å²) in [5.41, 5.74) is 1.99. The van der Waals surface area contributed by atoms with Gasteiger partial charge in [0.2, 0.25) is 0 Å². The fourth-order valence-electron chi connectivity index (χ4n) is 3.69. The first-order chi connectivity index (χ1) is 12.6. The molecule has 26 heavy (non-hydrogen) atoms. The van der Waals surface area contributed by atoms with Crippen molar-refractivity contribution in [3.05, 3.63) is 23.3 Å². The van der Waals surface area contributed by atoms with E-state index >= 15 is 0 Å². The summed E-state index contributed by atoms with van der Waals surface area (Å²) in [7, 11) is 0. The average Bonchev–Trinajstić information content (AvgIpc) is 2.62. The minimum atomic E-state index is 0.170. The highest BCUT2D eigenvalue weighted by atomic mass is 16.3. The van der Waals surface area contributed by atoms with Gasteiger partial charge in [0.15, 0.2) is 0 Å². The van der Waals surface area contributed by atoms with Crippen LogP contribution in [0.4, 0.5) is 0 Å². The molecular weight excluding hydrogens is 320 g/mol. The lowest BCUT2D eigenvalue weighted by Gasteiger charge is -2.08. The molecule has 0 aliphatic carbocycles. The molecule has 1 aromatic rings. The van der Waals surface area contributed by atoms with E-state index in [1.165, 1.54) is 96.0 Å². The van der Waals surface area contributed by atoms with Crippen molar-refractivity contribution in [3.8, 4) is 11.5 Å². The summed E-state index contributed by atoms with van der Waals surface area (Å²) in [6.07, 6.45) is 21.5. The van der Waals surface area contributed by atoms with E-state index < -0.39 is 0 Å². The Labute approximate surface area is 162 Å². The molecule has 0 saturated carbocycles. The molecule has 0 heterocycles. The van der Waals surface area contributed by atoms with E-state index in [1.54, 1.807) is 6.07 Å². The molecule has 0 fully saturated rings. The quantitative estimate of drug-likeness (QED) is 0.294. The van der Waals surface area contributed by atoms with Gasteiger partial charge in [0.1, 0.15) is 11.5 Å². The summed E-state index contributed by atoms with van der Waals surface area (Å²) in [6, 6.07) is 3.21. The zero-order chi connectivity index (χ0) is 19.0. The van der Waals surface area contributed by atoms with Gasteiger partial charge in [-0.2, -0.15) is 0 Å². The first kappa shape index (κ1) is 22.9. The Bertz CT molecular complexity index is 468. The fourth-order valence-corrected chi connectivity index (χ4v) is 3.69. The minimum absolute atomic E-state index is 0.170. The average molecular weight is 363 g/mol. The SMILES string of the molecule is CCCCCCCCCCCCCCCCCc1cc(O)cc(O)c1C. The van der Waals surface area contributed by atoms with Gasteiger partial charge in [-0.05, 0) is 37.0 Å². The van der Waals surface area contributed by atoms with Crippen molar-refractivity contribution in [1.82, 2.24) is 0 Å². The Morgan fingerprint density at radius 2 is 1.04 bits per heavy atom. The van der Waals surface area contributed by atoms with Crippen molar-refractivity contribution in [2.24, 2.45) is 0 Å². The maximum absolute atomic E-state index is 9.75. The van der Waals surface area contributed by atoms with Gasteiger partial charge in [-0.1, -0.05) is 96.8 Å². The highest BCUT2D eigenvalue weighted by molar-refractivity contribution is 5.44. The lowest BCUT2D eigenvalue weighted by molar-refractivity contribution is 0.446. The normalized spacial score (nSPS) is 11.2. The van der Waals surface area contributed by atoms with E-state index in [0.29, 0.717) is 0 Å². The maximum Gasteiger partial charge on any atom is 0.122 e. The Balaban J connectivity index is 1.88. The van der Waals surface area contributed by atoms with Crippen molar-refractivity contribution >= 4 is 0 Å². The Morgan fingerprint density at radius 3 is 1.50 bits per heavy atom. The zero-order valence-electron chi connectivity index (χ0n) is 17.4. The molecule has 0 amide bonds. The number of rotatable bonds is 16. The highest BCUT2D eigenvalue weighted by Gasteiger charge is 2.05. The Morgan fingerprint density at radius 1 is 0.615 bits per heavy atom. The van der Waals surface area contributed by atoms with Crippen LogP contribution in [0.5, 0.6) is 11.5 Å². The molecule has 0 spiro atoms. The van der Waals surface area contributed by atoms with E-state index in [-0.39, 0.29) is 11.5 Å². The lowest BCUT2D eigenvalue weighted by atomic mass is 9.99. The monoisotopic (exact) mass is 362 g/mol. The summed E-state index contributed by atoms with van der Waals surface area (Å²) in [5, 5.41) is 19.3. The molecular formula is C24H42O2. The second-order valence-electron chi connectivity index (χ2n) is 7.95. The summed E-state index contributed by atoms with van der Waals surface area (Å²) in [6.45, 7) is 4.21. The van der Waals surface area contributed by atoms with Crippen LogP contribution in [0.2, 0.25) is 0 Å². The van der Waals surface area contributed by atoms with Crippen LogP contribution in [0, 0.1) is 6.92 Å². The molecule has 0 saturated heterocycles. The lowest BCUT2D eigenvalue weighted by Crippen LogP contribution is -1.91. The van der Waals surface area contributed by atoms with Crippen LogP contribution in [-0.4, -0.2) is 10.2 Å². The fraction of sp³-hybridized carbons (Fsp3) is 0.750. The topological polar surface area (TPSA) is 40.5 Å². The number of phenolic OH excluding ortho intramolecular Hbond substituents is 2. The third-order valence-electron chi connectivity index (χ3n) is 5.52. The smallest absolute Gasteiger partial charge is 0.122 e. The number of hydrogen-bond donors (Lipinski definition) is 2. The van der Waals surface area contributed by atoms with Crippen molar-refractivity contribution in [2.75, 3.05) is 0 Å². The second-order valence-corrected chi connectivity index (χ2v) is 7.95. The van der Waals surface area contributed by atoms with Crippen molar-refractivity contribution in [3.63, 3.8) is 0 Å². The molecule has 0 aromatic heterocycles. The number of benzene rings is 1. The number of hydrogen-bond acceptors (Lipinski definition) is 2. The van der Waals surface area contributed by atoms with Crippen LogP contribution in [-0.2, 0) is 6.42 Å². The second kappa shape index (κ2) is 14.9. The molecule has 2 nitrogen and oxygen atoms in total. The Kier molecular flexibility index (Phi) is 13.1. The summed E-state index contributed by atoms with van der Waals surface area (Å²) < 4.78 is 0. The van der Waals surface area contributed by atoms with Crippen LogP contribution < -0.4 is 0 Å². The third kappa shape index (κ3) is 10.7. The predicted molar refractivity (Wildman–Crippen MR) is 113 cm³/mol. The van der Waals surface area contributed by atoms with Gasteiger partial charge in [0.05, 0.1) is 0 Å². The zero-order valence-corrected chi connectivity index (χ0v) is 17.4. The molecule has 1 rings (SSSR count). The van der Waals surface area contributed by atoms with Gasteiger partial charge in [0.25, 0.3) is 0 Å². The summed E-state index contributed by atoms with van der Waals surface area (Å²) in [5.74, 6) is 0.380. The predicted octanol–water partition coefficient (Wildman–Crippen LogP) is 7.82. The molecule has 0 aliphatic heterocycles. The van der Waals surface area contributed by atoms with Gasteiger partial charge in [-0.3, -0.25) is 0 Å². The largest absolute Gasteiger partial charge is 0.508 e. The molecule has 0 aliphatic rings. The standard InChI is InChI=1S/C24H42O2/c1-3-4-5-6-7-8-9-10-11-12-13-14-15-16-17-18-22-19-23(25)20-24(26)21(22)2/h19-20,25-26H,3-18H2,1-2H3. The van der Waals surface area contributed by atoms with Crippen LogP contribution >= 0.6 is 0 Å². The van der Waals surface area contributed by atoms with Gasteiger partial charge >= 0.3 is 0 Å². The van der Waals surface area contributed by atoms with E-state index in [4.69, 9.17) is 0 Å². The first-order valence-corrected chi connectivity index (χ1v) is 11.2. The van der Waals surface area contributed by atoms with E-state index in [9.17, 15) is 10.2 Å². The molecule has 150 valence electrons. The van der Waals surface area contributed by atoms with Crippen molar-refractivity contribution in [2.45, 2.75) is 117 Å². The van der Waals surface area contributed by atoms with Crippen LogP contribution in [0.1, 0.15) is 114 Å². The summed E-state index contributed by atoms with van der Waals surface area (Å²) >= 11 is 0. The molecule has 0 atom stereocenters. The molecule has 2 heteroatoms. The highest BCUT2D eigenvalue weighted by Crippen LogP contribution is 2.27.